The maximum atomic E-state index is 12.6. The Balaban J connectivity index is 2.01. The maximum absolute atomic E-state index is 12.6. The van der Waals surface area contributed by atoms with Gasteiger partial charge in [0.25, 0.3) is 0 Å². The van der Waals surface area contributed by atoms with Crippen LogP contribution in [0.1, 0.15) is 38.8 Å². The van der Waals surface area contributed by atoms with Gasteiger partial charge in [0.05, 0.1) is 18.5 Å². The number of nitrogens with one attached hydrogen (secondary N) is 1. The van der Waals surface area contributed by atoms with Crippen LogP contribution in [0.3, 0.4) is 0 Å². The van der Waals surface area contributed by atoms with Crippen molar-refractivity contribution in [3.63, 3.8) is 0 Å². The van der Waals surface area contributed by atoms with Crippen LogP contribution in [-0.2, 0) is 20.2 Å². The Morgan fingerprint density at radius 1 is 1.10 bits per heavy atom. The predicted octanol–water partition coefficient (Wildman–Crippen LogP) is 3.64. The molecule has 0 aliphatic heterocycles. The van der Waals surface area contributed by atoms with Gasteiger partial charge < -0.3 is 10.1 Å². The number of ether oxygens (including phenoxy) is 1. The molecule has 0 radical (unpaired) electrons. The lowest BCUT2D eigenvalue weighted by Gasteiger charge is -2.28. The summed E-state index contributed by atoms with van der Waals surface area (Å²) in [5.74, 6) is 0.401. The first-order valence-electron chi connectivity index (χ1n) is 9.97. The standard InChI is InChI=1S/C23H32N2O4S/c1-17-11-13-19(14-12-17)25(30(6,27)28)18(2)22(26)24-15-16-29-21-10-8-7-9-20(21)23(3,4)5/h7-14,18H,15-16H2,1-6H3,(H,24,26)/t18-/m1/s1. The average molecular weight is 433 g/mol. The van der Waals surface area contributed by atoms with E-state index >= 15 is 0 Å². The van der Waals surface area contributed by atoms with Crippen LogP contribution in [0, 0.1) is 6.92 Å². The average Bonchev–Trinajstić information content (AvgIpc) is 2.65. The lowest BCUT2D eigenvalue weighted by molar-refractivity contribution is -0.121. The number of carbonyl (C=O) groups excluding carboxylic acids is 1. The number of rotatable bonds is 8. The second-order valence-corrected chi connectivity index (χ2v) is 10.3. The Morgan fingerprint density at radius 2 is 1.70 bits per heavy atom. The predicted molar refractivity (Wildman–Crippen MR) is 122 cm³/mol. The van der Waals surface area contributed by atoms with Crippen molar-refractivity contribution in [3.05, 3.63) is 59.7 Å². The summed E-state index contributed by atoms with van der Waals surface area (Å²) in [5.41, 5.74) is 2.50. The van der Waals surface area contributed by atoms with Crippen LogP contribution in [0.2, 0.25) is 0 Å². The van der Waals surface area contributed by atoms with Crippen LogP contribution in [0.5, 0.6) is 5.75 Å². The van der Waals surface area contributed by atoms with Crippen LogP contribution in [0.4, 0.5) is 5.69 Å². The summed E-state index contributed by atoms with van der Waals surface area (Å²) >= 11 is 0. The molecule has 0 saturated carbocycles. The quantitative estimate of drug-likeness (QED) is 0.646. The van der Waals surface area contributed by atoms with Crippen molar-refractivity contribution < 1.29 is 17.9 Å². The van der Waals surface area contributed by atoms with Gasteiger partial charge in [0, 0.05) is 0 Å². The fourth-order valence-corrected chi connectivity index (χ4v) is 4.37. The van der Waals surface area contributed by atoms with E-state index in [0.29, 0.717) is 5.69 Å². The first-order valence-corrected chi connectivity index (χ1v) is 11.8. The molecule has 1 amide bonds. The van der Waals surface area contributed by atoms with E-state index in [1.54, 1.807) is 19.1 Å². The molecule has 7 heteroatoms. The third-order valence-electron chi connectivity index (χ3n) is 4.73. The zero-order valence-corrected chi connectivity index (χ0v) is 19.4. The van der Waals surface area contributed by atoms with Gasteiger partial charge in [-0.05, 0) is 43.0 Å². The fraction of sp³-hybridized carbons (Fsp3) is 0.435. The topological polar surface area (TPSA) is 75.7 Å². The lowest BCUT2D eigenvalue weighted by atomic mass is 9.86. The van der Waals surface area contributed by atoms with Gasteiger partial charge in [0.1, 0.15) is 18.4 Å². The molecule has 0 unspecified atom stereocenters. The van der Waals surface area contributed by atoms with Crippen molar-refractivity contribution in [1.29, 1.82) is 0 Å². The molecule has 0 saturated heterocycles. The Labute approximate surface area is 180 Å². The Bertz CT molecular complexity index is 963. The molecule has 2 rings (SSSR count). The number of para-hydroxylation sites is 1. The number of aryl methyl sites for hydroxylation is 1. The summed E-state index contributed by atoms with van der Waals surface area (Å²) in [7, 11) is -3.63. The SMILES string of the molecule is Cc1ccc(N([C@H](C)C(=O)NCCOc2ccccc2C(C)(C)C)S(C)(=O)=O)cc1. The maximum Gasteiger partial charge on any atom is 0.243 e. The first kappa shape index (κ1) is 23.7. The van der Waals surface area contributed by atoms with Gasteiger partial charge in [-0.25, -0.2) is 8.42 Å². The van der Waals surface area contributed by atoms with Gasteiger partial charge >= 0.3 is 0 Å². The summed E-state index contributed by atoms with van der Waals surface area (Å²) in [6.45, 7) is 10.4. The number of nitrogens with zero attached hydrogens (tertiary/aromatic N) is 1. The zero-order valence-electron chi connectivity index (χ0n) is 18.6. The molecule has 0 aliphatic rings. The number of carbonyl (C=O) groups is 1. The van der Waals surface area contributed by atoms with Crippen LogP contribution in [-0.4, -0.2) is 39.8 Å². The van der Waals surface area contributed by atoms with Gasteiger partial charge in [-0.3, -0.25) is 9.10 Å². The van der Waals surface area contributed by atoms with Gasteiger partial charge in [0.2, 0.25) is 15.9 Å². The van der Waals surface area contributed by atoms with Gasteiger partial charge in [-0.1, -0.05) is 56.7 Å². The van der Waals surface area contributed by atoms with Crippen LogP contribution < -0.4 is 14.4 Å². The molecule has 2 aromatic carbocycles. The summed E-state index contributed by atoms with van der Waals surface area (Å²) in [6.07, 6.45) is 1.10. The minimum Gasteiger partial charge on any atom is -0.491 e. The third-order valence-corrected chi connectivity index (χ3v) is 5.97. The van der Waals surface area contributed by atoms with Crippen molar-refractivity contribution in [2.24, 2.45) is 0 Å². The molecule has 164 valence electrons. The highest BCUT2D eigenvalue weighted by Crippen LogP contribution is 2.30. The lowest BCUT2D eigenvalue weighted by Crippen LogP contribution is -2.48. The Morgan fingerprint density at radius 3 is 2.27 bits per heavy atom. The van der Waals surface area contributed by atoms with E-state index in [-0.39, 0.29) is 24.5 Å². The molecule has 0 aliphatic carbocycles. The first-order chi connectivity index (χ1) is 13.9. The number of hydrogen-bond acceptors (Lipinski definition) is 4. The van der Waals surface area contributed by atoms with E-state index < -0.39 is 16.1 Å². The summed E-state index contributed by atoms with van der Waals surface area (Å²) < 4.78 is 31.7. The summed E-state index contributed by atoms with van der Waals surface area (Å²) in [6, 6.07) is 14.0. The number of sulfonamides is 1. The van der Waals surface area contributed by atoms with E-state index in [0.717, 1.165) is 27.4 Å². The van der Waals surface area contributed by atoms with Crippen molar-refractivity contribution in [2.45, 2.75) is 46.1 Å². The Hall–Kier alpha value is -2.54. The third kappa shape index (κ3) is 6.23. The molecule has 0 heterocycles. The number of anilines is 1. The highest BCUT2D eigenvalue weighted by Gasteiger charge is 2.28. The second-order valence-electron chi connectivity index (χ2n) is 8.46. The molecule has 1 atom stereocenters. The monoisotopic (exact) mass is 432 g/mol. The van der Waals surface area contributed by atoms with Gasteiger partial charge in [0.15, 0.2) is 0 Å². The number of hydrogen-bond donors (Lipinski definition) is 1. The van der Waals surface area contributed by atoms with Crippen molar-refractivity contribution in [1.82, 2.24) is 5.32 Å². The molecule has 30 heavy (non-hydrogen) atoms. The normalized spacial score (nSPS) is 12.9. The molecule has 0 fully saturated rings. The van der Waals surface area contributed by atoms with Crippen molar-refractivity contribution in [2.75, 3.05) is 23.7 Å². The molecule has 6 nitrogen and oxygen atoms in total. The van der Waals surface area contributed by atoms with Crippen LogP contribution >= 0.6 is 0 Å². The molecular weight excluding hydrogens is 400 g/mol. The van der Waals surface area contributed by atoms with Crippen molar-refractivity contribution >= 4 is 21.6 Å². The highest BCUT2D eigenvalue weighted by atomic mass is 32.2. The van der Waals surface area contributed by atoms with E-state index in [1.165, 1.54) is 0 Å². The highest BCUT2D eigenvalue weighted by molar-refractivity contribution is 7.92. The second kappa shape index (κ2) is 9.51. The van der Waals surface area contributed by atoms with Crippen molar-refractivity contribution in [3.8, 4) is 5.75 Å². The molecule has 2 aromatic rings. The number of amides is 1. The fourth-order valence-electron chi connectivity index (χ4n) is 3.20. The molecule has 0 aromatic heterocycles. The molecule has 0 bridgehead atoms. The number of benzene rings is 2. The van der Waals surface area contributed by atoms with Gasteiger partial charge in [-0.15, -0.1) is 0 Å². The summed E-state index contributed by atoms with van der Waals surface area (Å²) in [5, 5.41) is 2.77. The van der Waals surface area contributed by atoms with E-state index in [9.17, 15) is 13.2 Å². The summed E-state index contributed by atoms with van der Waals surface area (Å²) in [4.78, 5) is 12.6. The van der Waals surface area contributed by atoms with E-state index in [2.05, 4.69) is 26.1 Å². The van der Waals surface area contributed by atoms with Crippen LogP contribution in [0.25, 0.3) is 0 Å². The zero-order chi connectivity index (χ0) is 22.5. The molecule has 0 spiro atoms. The van der Waals surface area contributed by atoms with E-state index in [4.69, 9.17) is 4.74 Å². The van der Waals surface area contributed by atoms with Gasteiger partial charge in [-0.2, -0.15) is 0 Å². The minimum absolute atomic E-state index is 0.0572. The van der Waals surface area contributed by atoms with E-state index in [1.807, 2.05) is 43.3 Å². The molecule has 1 N–H and O–H groups in total. The van der Waals surface area contributed by atoms with Crippen LogP contribution in [0.15, 0.2) is 48.5 Å². The molecular formula is C23H32N2O4S. The Kier molecular flexibility index (Phi) is 7.53. The minimum atomic E-state index is -3.63. The largest absolute Gasteiger partial charge is 0.491 e. The smallest absolute Gasteiger partial charge is 0.243 e.